The van der Waals surface area contributed by atoms with Crippen molar-refractivity contribution < 1.29 is 26.8 Å². The van der Waals surface area contributed by atoms with Crippen molar-refractivity contribution in [3.05, 3.63) is 53.5 Å². The monoisotopic (exact) mass is 398 g/mol. The smallest absolute Gasteiger partial charge is 0.419 e. The second-order valence-electron chi connectivity index (χ2n) is 7.18. The standard InChI is InChI=1S/C20H22F4N2O2/c21-17-12-15(4-5-16(17)20(22,23)24)13-26-9-6-14(7-10-26)2-1-3-18(27)19-25-8-11-28-19/h4-5,8,11-12,14H,1-3,6-7,9-10,13H2. The van der Waals surface area contributed by atoms with Gasteiger partial charge in [-0.05, 0) is 62.4 Å². The van der Waals surface area contributed by atoms with E-state index in [1.165, 1.54) is 18.5 Å². The Morgan fingerprint density at radius 1 is 1.25 bits per heavy atom. The van der Waals surface area contributed by atoms with Gasteiger partial charge in [0.2, 0.25) is 5.78 Å². The normalized spacial score (nSPS) is 16.4. The fourth-order valence-electron chi connectivity index (χ4n) is 3.60. The number of rotatable bonds is 7. The summed E-state index contributed by atoms with van der Waals surface area (Å²) < 4.78 is 56.6. The molecule has 0 amide bonds. The van der Waals surface area contributed by atoms with Crippen LogP contribution in [-0.2, 0) is 12.7 Å². The van der Waals surface area contributed by atoms with Crippen LogP contribution in [0.3, 0.4) is 0 Å². The molecule has 1 fully saturated rings. The Hall–Kier alpha value is -2.22. The van der Waals surface area contributed by atoms with Gasteiger partial charge in [0, 0.05) is 13.0 Å². The first-order valence-electron chi connectivity index (χ1n) is 9.33. The second kappa shape index (κ2) is 8.86. The number of halogens is 4. The molecule has 28 heavy (non-hydrogen) atoms. The van der Waals surface area contributed by atoms with E-state index < -0.39 is 17.6 Å². The van der Waals surface area contributed by atoms with Crippen molar-refractivity contribution in [2.24, 2.45) is 5.92 Å². The molecule has 4 nitrogen and oxygen atoms in total. The van der Waals surface area contributed by atoms with Crippen LogP contribution in [0, 0.1) is 11.7 Å². The Labute approximate surface area is 160 Å². The number of nitrogens with zero attached hydrogens (tertiary/aromatic N) is 2. The van der Waals surface area contributed by atoms with E-state index in [4.69, 9.17) is 4.42 Å². The molecule has 0 unspecified atom stereocenters. The maximum Gasteiger partial charge on any atom is 0.419 e. The van der Waals surface area contributed by atoms with Crippen LogP contribution >= 0.6 is 0 Å². The summed E-state index contributed by atoms with van der Waals surface area (Å²) in [7, 11) is 0. The maximum atomic E-state index is 13.7. The number of alkyl halides is 3. The molecular formula is C20H22F4N2O2. The fourth-order valence-corrected chi connectivity index (χ4v) is 3.60. The molecule has 0 bridgehead atoms. The lowest BCUT2D eigenvalue weighted by molar-refractivity contribution is -0.140. The quantitative estimate of drug-likeness (QED) is 0.481. The third-order valence-electron chi connectivity index (χ3n) is 5.14. The lowest BCUT2D eigenvalue weighted by Crippen LogP contribution is -2.33. The van der Waals surface area contributed by atoms with E-state index in [9.17, 15) is 22.4 Å². The van der Waals surface area contributed by atoms with E-state index in [0.29, 0.717) is 24.4 Å². The van der Waals surface area contributed by atoms with Crippen LogP contribution in [-0.4, -0.2) is 28.8 Å². The van der Waals surface area contributed by atoms with Crippen molar-refractivity contribution in [2.75, 3.05) is 13.1 Å². The van der Waals surface area contributed by atoms with Gasteiger partial charge in [-0.1, -0.05) is 6.07 Å². The number of Topliss-reactive ketones (excluding diaryl/α,β-unsaturated/α-hetero) is 1. The Kier molecular flexibility index (Phi) is 6.49. The summed E-state index contributed by atoms with van der Waals surface area (Å²) >= 11 is 0. The zero-order valence-corrected chi connectivity index (χ0v) is 15.3. The average molecular weight is 398 g/mol. The van der Waals surface area contributed by atoms with Crippen molar-refractivity contribution in [3.8, 4) is 0 Å². The molecule has 1 aliphatic rings. The largest absolute Gasteiger partial charge is 0.442 e. The van der Waals surface area contributed by atoms with Gasteiger partial charge in [-0.25, -0.2) is 9.37 Å². The molecule has 1 aromatic carbocycles. The minimum atomic E-state index is -4.67. The van der Waals surface area contributed by atoms with Crippen molar-refractivity contribution >= 4 is 5.78 Å². The molecule has 0 N–H and O–H groups in total. The number of ketones is 1. The number of piperidine rings is 1. The predicted octanol–water partition coefficient (Wildman–Crippen LogP) is 5.10. The number of carbonyl (C=O) groups is 1. The number of oxazole rings is 1. The lowest BCUT2D eigenvalue weighted by Gasteiger charge is -2.32. The van der Waals surface area contributed by atoms with Crippen LogP contribution in [0.5, 0.6) is 0 Å². The Bertz CT molecular complexity index is 782. The zero-order chi connectivity index (χ0) is 20.1. The molecule has 0 atom stereocenters. The number of benzene rings is 1. The number of hydrogen-bond donors (Lipinski definition) is 0. The van der Waals surface area contributed by atoms with Crippen LogP contribution < -0.4 is 0 Å². The van der Waals surface area contributed by atoms with Crippen molar-refractivity contribution in [1.82, 2.24) is 9.88 Å². The van der Waals surface area contributed by atoms with Gasteiger partial charge in [0.25, 0.3) is 5.89 Å². The highest BCUT2D eigenvalue weighted by Gasteiger charge is 2.34. The molecule has 1 aliphatic heterocycles. The van der Waals surface area contributed by atoms with Gasteiger partial charge in [0.05, 0.1) is 11.8 Å². The molecule has 3 rings (SSSR count). The summed E-state index contributed by atoms with van der Waals surface area (Å²) in [6.07, 6.45) is 2.19. The number of hydrogen-bond acceptors (Lipinski definition) is 4. The van der Waals surface area contributed by atoms with Crippen molar-refractivity contribution in [3.63, 3.8) is 0 Å². The molecule has 1 saturated heterocycles. The van der Waals surface area contributed by atoms with Gasteiger partial charge in [0.15, 0.2) is 0 Å². The number of carbonyl (C=O) groups excluding carboxylic acids is 1. The van der Waals surface area contributed by atoms with Gasteiger partial charge < -0.3 is 4.42 Å². The van der Waals surface area contributed by atoms with Gasteiger partial charge in [-0.15, -0.1) is 0 Å². The van der Waals surface area contributed by atoms with E-state index in [1.54, 1.807) is 0 Å². The summed E-state index contributed by atoms with van der Waals surface area (Å²) in [5.74, 6) is -0.654. The molecule has 152 valence electrons. The van der Waals surface area contributed by atoms with Crippen molar-refractivity contribution in [1.29, 1.82) is 0 Å². The summed E-state index contributed by atoms with van der Waals surface area (Å²) in [5, 5.41) is 0. The Morgan fingerprint density at radius 3 is 2.61 bits per heavy atom. The van der Waals surface area contributed by atoms with Crippen LogP contribution in [0.2, 0.25) is 0 Å². The van der Waals surface area contributed by atoms with E-state index in [1.807, 2.05) is 0 Å². The molecule has 0 saturated carbocycles. The van der Waals surface area contributed by atoms with Gasteiger partial charge in [0.1, 0.15) is 12.1 Å². The third kappa shape index (κ3) is 5.41. The Balaban J connectivity index is 1.40. The van der Waals surface area contributed by atoms with E-state index in [-0.39, 0.29) is 11.7 Å². The molecule has 1 aromatic heterocycles. The van der Waals surface area contributed by atoms with E-state index in [2.05, 4.69) is 9.88 Å². The summed E-state index contributed by atoms with van der Waals surface area (Å²) in [6, 6.07) is 3.12. The minimum Gasteiger partial charge on any atom is -0.442 e. The highest BCUT2D eigenvalue weighted by atomic mass is 19.4. The van der Waals surface area contributed by atoms with E-state index in [0.717, 1.165) is 50.9 Å². The molecular weight excluding hydrogens is 376 g/mol. The summed E-state index contributed by atoms with van der Waals surface area (Å²) in [4.78, 5) is 17.8. The molecule has 2 aromatic rings. The topological polar surface area (TPSA) is 46.3 Å². The second-order valence-corrected chi connectivity index (χ2v) is 7.18. The number of likely N-dealkylation sites (tertiary alicyclic amines) is 1. The predicted molar refractivity (Wildman–Crippen MR) is 94.1 cm³/mol. The molecule has 0 aliphatic carbocycles. The molecule has 8 heteroatoms. The highest BCUT2D eigenvalue weighted by Crippen LogP contribution is 2.32. The fraction of sp³-hybridized carbons (Fsp3) is 0.500. The van der Waals surface area contributed by atoms with Crippen LogP contribution in [0.1, 0.15) is 53.9 Å². The van der Waals surface area contributed by atoms with Crippen LogP contribution in [0.4, 0.5) is 17.6 Å². The Morgan fingerprint density at radius 2 is 2.00 bits per heavy atom. The summed E-state index contributed by atoms with van der Waals surface area (Å²) in [5.41, 5.74) is -0.685. The first-order valence-corrected chi connectivity index (χ1v) is 9.33. The molecule has 0 spiro atoms. The van der Waals surface area contributed by atoms with Gasteiger partial charge in [-0.2, -0.15) is 13.2 Å². The van der Waals surface area contributed by atoms with Gasteiger partial charge in [-0.3, -0.25) is 9.69 Å². The molecule has 2 heterocycles. The maximum absolute atomic E-state index is 13.7. The summed E-state index contributed by atoms with van der Waals surface area (Å²) in [6.45, 7) is 2.05. The third-order valence-corrected chi connectivity index (χ3v) is 5.14. The van der Waals surface area contributed by atoms with Crippen LogP contribution in [0.25, 0.3) is 0 Å². The minimum absolute atomic E-state index is 0.0910. The van der Waals surface area contributed by atoms with Gasteiger partial charge >= 0.3 is 6.18 Å². The van der Waals surface area contributed by atoms with Crippen LogP contribution in [0.15, 0.2) is 35.1 Å². The zero-order valence-electron chi connectivity index (χ0n) is 15.3. The van der Waals surface area contributed by atoms with E-state index >= 15 is 0 Å². The average Bonchev–Trinajstić information content (AvgIpc) is 3.17. The number of aromatic nitrogens is 1. The first kappa shape index (κ1) is 20.5. The van der Waals surface area contributed by atoms with Crippen molar-refractivity contribution in [2.45, 2.75) is 44.8 Å². The first-order chi connectivity index (χ1) is 13.3. The SMILES string of the molecule is O=C(CCCC1CCN(Cc2ccc(C(F)(F)F)c(F)c2)CC1)c1ncco1. The lowest BCUT2D eigenvalue weighted by atomic mass is 9.91. The molecule has 0 radical (unpaired) electrons. The highest BCUT2D eigenvalue weighted by molar-refractivity contribution is 5.91.